The van der Waals surface area contributed by atoms with Gasteiger partial charge < -0.3 is 14.6 Å². The number of halogens is 1. The van der Waals surface area contributed by atoms with Crippen LogP contribution in [0.25, 0.3) is 0 Å². The molecule has 0 fully saturated rings. The third-order valence-corrected chi connectivity index (χ3v) is 6.57. The molecule has 0 aliphatic heterocycles. The SMILES string of the molecule is C=CCn1c(CCc2ccc(I)cc2)nnc1SCCC(=O)NCc1ccccc1OC. The van der Waals surface area contributed by atoms with E-state index < -0.39 is 0 Å². The van der Waals surface area contributed by atoms with E-state index in [0.717, 1.165) is 35.1 Å². The molecule has 0 saturated heterocycles. The number of amides is 1. The molecule has 0 atom stereocenters. The van der Waals surface area contributed by atoms with Crippen molar-refractivity contribution in [1.82, 2.24) is 20.1 Å². The molecule has 0 bridgehead atoms. The summed E-state index contributed by atoms with van der Waals surface area (Å²) in [7, 11) is 1.63. The van der Waals surface area contributed by atoms with E-state index in [1.165, 1.54) is 9.13 Å². The van der Waals surface area contributed by atoms with Gasteiger partial charge in [-0.25, -0.2) is 0 Å². The summed E-state index contributed by atoms with van der Waals surface area (Å²) in [5, 5.41) is 12.5. The van der Waals surface area contributed by atoms with Gasteiger partial charge in [0.2, 0.25) is 5.91 Å². The van der Waals surface area contributed by atoms with Crippen molar-refractivity contribution in [2.75, 3.05) is 12.9 Å². The van der Waals surface area contributed by atoms with E-state index in [1.807, 2.05) is 30.3 Å². The lowest BCUT2D eigenvalue weighted by molar-refractivity contribution is -0.120. The summed E-state index contributed by atoms with van der Waals surface area (Å²) in [6.45, 7) is 4.96. The van der Waals surface area contributed by atoms with Crippen LogP contribution in [0.3, 0.4) is 0 Å². The van der Waals surface area contributed by atoms with Gasteiger partial charge in [-0.3, -0.25) is 4.79 Å². The fourth-order valence-electron chi connectivity index (χ4n) is 3.20. The molecule has 2 aromatic carbocycles. The second-order valence-electron chi connectivity index (χ2n) is 7.11. The third kappa shape index (κ3) is 7.09. The highest BCUT2D eigenvalue weighted by molar-refractivity contribution is 14.1. The molecule has 0 radical (unpaired) electrons. The normalized spacial score (nSPS) is 10.7. The standard InChI is InChI=1S/C24H27IN4O2S/c1-3-15-29-22(13-10-18-8-11-20(25)12-9-18)27-28-24(29)32-16-14-23(30)26-17-19-6-4-5-7-21(19)31-2/h3-9,11-12H,1,10,13-17H2,2H3,(H,26,30). The average molecular weight is 562 g/mol. The Balaban J connectivity index is 1.50. The Morgan fingerprint density at radius 1 is 1.19 bits per heavy atom. The van der Waals surface area contributed by atoms with Crippen molar-refractivity contribution in [3.63, 3.8) is 0 Å². The van der Waals surface area contributed by atoms with Crippen molar-refractivity contribution in [2.24, 2.45) is 0 Å². The molecule has 3 rings (SSSR count). The van der Waals surface area contributed by atoms with Crippen LogP contribution in [0, 0.1) is 3.57 Å². The van der Waals surface area contributed by atoms with Gasteiger partial charge in [0.25, 0.3) is 0 Å². The number of benzene rings is 2. The zero-order valence-electron chi connectivity index (χ0n) is 18.1. The van der Waals surface area contributed by atoms with Gasteiger partial charge in [0.1, 0.15) is 11.6 Å². The largest absolute Gasteiger partial charge is 0.496 e. The van der Waals surface area contributed by atoms with Crippen LogP contribution >= 0.6 is 34.4 Å². The van der Waals surface area contributed by atoms with Crippen LogP contribution in [-0.2, 0) is 30.7 Å². The molecule has 1 aromatic heterocycles. The quantitative estimate of drug-likeness (QED) is 0.198. The molecule has 32 heavy (non-hydrogen) atoms. The minimum atomic E-state index is -0.00266. The molecule has 0 spiro atoms. The molecule has 0 aliphatic carbocycles. The number of hydrogen-bond donors (Lipinski definition) is 1. The lowest BCUT2D eigenvalue weighted by atomic mass is 10.1. The first kappa shape index (κ1) is 24.3. The zero-order valence-corrected chi connectivity index (χ0v) is 21.1. The smallest absolute Gasteiger partial charge is 0.221 e. The van der Waals surface area contributed by atoms with Gasteiger partial charge in [0, 0.05) is 40.8 Å². The Bertz CT molecular complexity index is 1040. The summed E-state index contributed by atoms with van der Waals surface area (Å²) in [6.07, 6.45) is 3.96. The van der Waals surface area contributed by atoms with E-state index in [2.05, 4.69) is 73.5 Å². The summed E-state index contributed by atoms with van der Waals surface area (Å²) in [6, 6.07) is 16.2. The number of aromatic nitrogens is 3. The fraction of sp³-hybridized carbons (Fsp3) is 0.292. The molecule has 8 heteroatoms. The highest BCUT2D eigenvalue weighted by Crippen LogP contribution is 2.20. The maximum Gasteiger partial charge on any atom is 0.221 e. The lowest BCUT2D eigenvalue weighted by Crippen LogP contribution is -2.23. The molecule has 168 valence electrons. The molecular weight excluding hydrogens is 535 g/mol. The minimum Gasteiger partial charge on any atom is -0.496 e. The van der Waals surface area contributed by atoms with Gasteiger partial charge in [0.15, 0.2) is 5.16 Å². The second-order valence-corrected chi connectivity index (χ2v) is 9.42. The Kier molecular flexibility index (Phi) is 9.61. The Hall–Kier alpha value is -2.33. The van der Waals surface area contributed by atoms with E-state index in [0.29, 0.717) is 25.3 Å². The van der Waals surface area contributed by atoms with Crippen LogP contribution < -0.4 is 10.1 Å². The number of ether oxygens (including phenoxy) is 1. The van der Waals surface area contributed by atoms with Crippen molar-refractivity contribution < 1.29 is 9.53 Å². The van der Waals surface area contributed by atoms with E-state index in [-0.39, 0.29) is 5.91 Å². The molecule has 1 heterocycles. The van der Waals surface area contributed by atoms with E-state index in [9.17, 15) is 4.79 Å². The first-order valence-corrected chi connectivity index (χ1v) is 12.5. The van der Waals surface area contributed by atoms with Crippen LogP contribution in [0.4, 0.5) is 0 Å². The van der Waals surface area contributed by atoms with Gasteiger partial charge in [-0.05, 0) is 52.8 Å². The van der Waals surface area contributed by atoms with Crippen LogP contribution in [0.2, 0.25) is 0 Å². The van der Waals surface area contributed by atoms with Crippen LogP contribution in [-0.4, -0.2) is 33.5 Å². The maximum atomic E-state index is 12.3. The Labute approximate surface area is 207 Å². The molecule has 0 saturated carbocycles. The predicted octanol–water partition coefficient (Wildman–Crippen LogP) is 4.66. The van der Waals surface area contributed by atoms with Crippen molar-refractivity contribution in [1.29, 1.82) is 0 Å². The first-order valence-electron chi connectivity index (χ1n) is 10.4. The molecule has 3 aromatic rings. The average Bonchev–Trinajstić information content (AvgIpc) is 3.19. The number of nitrogens with zero attached hydrogens (tertiary/aromatic N) is 3. The van der Waals surface area contributed by atoms with Crippen LogP contribution in [0.1, 0.15) is 23.4 Å². The van der Waals surface area contributed by atoms with Crippen LogP contribution in [0.5, 0.6) is 5.75 Å². The number of para-hydroxylation sites is 1. The van der Waals surface area contributed by atoms with Crippen molar-refractivity contribution in [2.45, 2.75) is 37.5 Å². The maximum absolute atomic E-state index is 12.3. The molecular formula is C24H27IN4O2S. The summed E-state index contributed by atoms with van der Waals surface area (Å²) in [5.41, 5.74) is 2.24. The first-order chi connectivity index (χ1) is 15.6. The van der Waals surface area contributed by atoms with Crippen molar-refractivity contribution in [3.05, 3.63) is 81.7 Å². The number of hydrogen-bond acceptors (Lipinski definition) is 5. The summed E-state index contributed by atoms with van der Waals surface area (Å²) >= 11 is 3.85. The van der Waals surface area contributed by atoms with Gasteiger partial charge in [0.05, 0.1) is 7.11 Å². The molecule has 1 amide bonds. The highest BCUT2D eigenvalue weighted by atomic mass is 127. The van der Waals surface area contributed by atoms with E-state index >= 15 is 0 Å². The number of aryl methyl sites for hydroxylation is 2. The number of thioether (sulfide) groups is 1. The molecule has 0 unspecified atom stereocenters. The lowest BCUT2D eigenvalue weighted by Gasteiger charge is -2.10. The summed E-state index contributed by atoms with van der Waals surface area (Å²) in [5.74, 6) is 2.34. The van der Waals surface area contributed by atoms with Crippen molar-refractivity contribution >= 4 is 40.3 Å². The molecule has 6 nitrogen and oxygen atoms in total. The number of methoxy groups -OCH3 is 1. The van der Waals surface area contributed by atoms with Crippen LogP contribution in [0.15, 0.2) is 66.3 Å². The topological polar surface area (TPSA) is 69.0 Å². The third-order valence-electron chi connectivity index (χ3n) is 4.88. The summed E-state index contributed by atoms with van der Waals surface area (Å²) in [4.78, 5) is 12.3. The fourth-order valence-corrected chi connectivity index (χ4v) is 4.46. The number of carbonyl (C=O) groups excluding carboxylic acids is 1. The Morgan fingerprint density at radius 3 is 2.72 bits per heavy atom. The van der Waals surface area contributed by atoms with Gasteiger partial charge >= 0.3 is 0 Å². The van der Waals surface area contributed by atoms with E-state index in [4.69, 9.17) is 4.74 Å². The molecule has 0 aliphatic rings. The van der Waals surface area contributed by atoms with E-state index in [1.54, 1.807) is 18.9 Å². The molecule has 1 N–H and O–H groups in total. The number of rotatable bonds is 12. The number of allylic oxidation sites excluding steroid dienone is 1. The summed E-state index contributed by atoms with van der Waals surface area (Å²) < 4.78 is 8.64. The Morgan fingerprint density at radius 2 is 1.97 bits per heavy atom. The zero-order chi connectivity index (χ0) is 22.8. The monoisotopic (exact) mass is 562 g/mol. The predicted molar refractivity (Wildman–Crippen MR) is 137 cm³/mol. The highest BCUT2D eigenvalue weighted by Gasteiger charge is 2.13. The second kappa shape index (κ2) is 12.6. The minimum absolute atomic E-state index is 0.00266. The van der Waals surface area contributed by atoms with Gasteiger partial charge in [-0.2, -0.15) is 0 Å². The number of carbonyl (C=O) groups is 1. The van der Waals surface area contributed by atoms with Gasteiger partial charge in [-0.15, -0.1) is 16.8 Å². The number of nitrogens with one attached hydrogen (secondary N) is 1. The van der Waals surface area contributed by atoms with Gasteiger partial charge in [-0.1, -0.05) is 48.2 Å². The van der Waals surface area contributed by atoms with Crippen molar-refractivity contribution in [3.8, 4) is 5.75 Å².